The third-order valence-corrected chi connectivity index (χ3v) is 8.30. The fourth-order valence-electron chi connectivity index (χ4n) is 3.62. The molecular formula is C21H24ClN3O2S2. The standard InChI is InChI=1S/C21H24ClN3O2S2/c1-15(2)25-20-10-9-18(29(26,27)24-11-3-4-12-24)13-19(20)23-21(25)28-14-16-5-7-17(22)8-6-16/h5-10,13,15H,3-4,11-12,14H2,1-2H3. The van der Waals surface area contributed by atoms with Crippen molar-refractivity contribution in [3.05, 3.63) is 53.1 Å². The molecule has 8 heteroatoms. The summed E-state index contributed by atoms with van der Waals surface area (Å²) in [6, 6.07) is 13.3. The Hall–Kier alpha value is -1.54. The number of fused-ring (bicyclic) bond motifs is 1. The Kier molecular flexibility index (Phi) is 5.93. The maximum Gasteiger partial charge on any atom is 0.243 e. The molecule has 5 nitrogen and oxygen atoms in total. The molecule has 0 atom stereocenters. The molecule has 2 heterocycles. The molecule has 0 amide bonds. The monoisotopic (exact) mass is 449 g/mol. The summed E-state index contributed by atoms with van der Waals surface area (Å²) in [5.41, 5.74) is 2.84. The third kappa shape index (κ3) is 4.19. The van der Waals surface area contributed by atoms with E-state index in [4.69, 9.17) is 16.6 Å². The van der Waals surface area contributed by atoms with E-state index in [9.17, 15) is 8.42 Å². The molecule has 29 heavy (non-hydrogen) atoms. The Bertz CT molecular complexity index is 1120. The van der Waals surface area contributed by atoms with Crippen LogP contribution in [0.4, 0.5) is 0 Å². The molecule has 0 N–H and O–H groups in total. The molecule has 2 aromatic carbocycles. The molecule has 1 fully saturated rings. The first-order chi connectivity index (χ1) is 13.9. The first kappa shape index (κ1) is 20.7. The summed E-state index contributed by atoms with van der Waals surface area (Å²) in [6.45, 7) is 5.43. The molecule has 0 spiro atoms. The number of benzene rings is 2. The zero-order valence-corrected chi connectivity index (χ0v) is 18.9. The highest BCUT2D eigenvalue weighted by atomic mass is 35.5. The zero-order valence-electron chi connectivity index (χ0n) is 16.5. The minimum absolute atomic E-state index is 0.216. The summed E-state index contributed by atoms with van der Waals surface area (Å²) in [7, 11) is -3.45. The molecule has 1 saturated heterocycles. The number of hydrogen-bond donors (Lipinski definition) is 0. The second-order valence-corrected chi connectivity index (χ2v) is 10.9. The molecule has 1 aliphatic rings. The maximum absolute atomic E-state index is 12.9. The number of imidazole rings is 1. The predicted molar refractivity (Wildman–Crippen MR) is 119 cm³/mol. The van der Waals surface area contributed by atoms with Crippen molar-refractivity contribution in [2.45, 2.75) is 48.5 Å². The van der Waals surface area contributed by atoms with Crippen LogP contribution in [0.3, 0.4) is 0 Å². The quantitative estimate of drug-likeness (QED) is 0.476. The smallest absolute Gasteiger partial charge is 0.243 e. The zero-order chi connectivity index (χ0) is 20.6. The van der Waals surface area contributed by atoms with Gasteiger partial charge in [0.1, 0.15) is 0 Å². The molecule has 1 aromatic heterocycles. The van der Waals surface area contributed by atoms with Gasteiger partial charge in [0.2, 0.25) is 10.0 Å². The van der Waals surface area contributed by atoms with Crippen LogP contribution >= 0.6 is 23.4 Å². The lowest BCUT2D eigenvalue weighted by atomic mass is 10.2. The second kappa shape index (κ2) is 8.30. The Morgan fingerprint density at radius 1 is 1.10 bits per heavy atom. The lowest BCUT2D eigenvalue weighted by Gasteiger charge is -2.16. The largest absolute Gasteiger partial charge is 0.316 e. The summed E-state index contributed by atoms with van der Waals surface area (Å²) < 4.78 is 29.6. The molecule has 1 aliphatic heterocycles. The van der Waals surface area contributed by atoms with Crippen LogP contribution < -0.4 is 0 Å². The Morgan fingerprint density at radius 3 is 2.45 bits per heavy atom. The predicted octanol–water partition coefficient (Wildman–Crippen LogP) is 5.35. The van der Waals surface area contributed by atoms with Gasteiger partial charge in [-0.3, -0.25) is 0 Å². The highest BCUT2D eigenvalue weighted by Crippen LogP contribution is 2.32. The number of thioether (sulfide) groups is 1. The van der Waals surface area contributed by atoms with Crippen molar-refractivity contribution in [2.75, 3.05) is 13.1 Å². The average Bonchev–Trinajstić information content (AvgIpc) is 3.35. The van der Waals surface area contributed by atoms with Crippen LogP contribution in [0.25, 0.3) is 11.0 Å². The first-order valence-electron chi connectivity index (χ1n) is 9.75. The van der Waals surface area contributed by atoms with Crippen molar-refractivity contribution < 1.29 is 8.42 Å². The fourth-order valence-corrected chi connectivity index (χ4v) is 6.39. The number of aromatic nitrogens is 2. The Morgan fingerprint density at radius 2 is 1.79 bits per heavy atom. The summed E-state index contributed by atoms with van der Waals surface area (Å²) in [5, 5.41) is 1.61. The van der Waals surface area contributed by atoms with Crippen LogP contribution in [0.15, 0.2) is 52.5 Å². The number of rotatable bonds is 6. The number of sulfonamides is 1. The summed E-state index contributed by atoms with van der Waals surface area (Å²) in [5.74, 6) is 0.770. The summed E-state index contributed by atoms with van der Waals surface area (Å²) >= 11 is 7.62. The molecule has 0 saturated carbocycles. The Balaban J connectivity index is 1.67. The average molecular weight is 450 g/mol. The third-order valence-electron chi connectivity index (χ3n) is 5.13. The molecule has 0 unspecified atom stereocenters. The second-order valence-electron chi connectivity index (χ2n) is 7.53. The van der Waals surface area contributed by atoms with Gasteiger partial charge in [0.05, 0.1) is 15.9 Å². The molecule has 0 bridgehead atoms. The van der Waals surface area contributed by atoms with E-state index in [-0.39, 0.29) is 6.04 Å². The molecule has 4 rings (SSSR count). The van der Waals surface area contributed by atoms with Crippen molar-refractivity contribution >= 4 is 44.4 Å². The highest BCUT2D eigenvalue weighted by molar-refractivity contribution is 7.98. The molecule has 0 aliphatic carbocycles. The lowest BCUT2D eigenvalue weighted by molar-refractivity contribution is 0.477. The van der Waals surface area contributed by atoms with Gasteiger partial charge in [0.25, 0.3) is 0 Å². The van der Waals surface area contributed by atoms with E-state index in [0.717, 1.165) is 39.8 Å². The van der Waals surface area contributed by atoms with Gasteiger partial charge in [-0.1, -0.05) is 35.5 Å². The van der Waals surface area contributed by atoms with Gasteiger partial charge >= 0.3 is 0 Å². The van der Waals surface area contributed by atoms with E-state index in [1.54, 1.807) is 28.2 Å². The number of nitrogens with zero attached hydrogens (tertiary/aromatic N) is 3. The van der Waals surface area contributed by atoms with Crippen LogP contribution in [-0.2, 0) is 15.8 Å². The van der Waals surface area contributed by atoms with Crippen molar-refractivity contribution in [2.24, 2.45) is 0 Å². The van der Waals surface area contributed by atoms with Crippen LogP contribution in [0, 0.1) is 0 Å². The minimum Gasteiger partial charge on any atom is -0.316 e. The lowest BCUT2D eigenvalue weighted by Crippen LogP contribution is -2.27. The van der Waals surface area contributed by atoms with Crippen LogP contribution in [0.2, 0.25) is 5.02 Å². The van der Waals surface area contributed by atoms with Crippen LogP contribution in [-0.4, -0.2) is 35.4 Å². The minimum atomic E-state index is -3.45. The van der Waals surface area contributed by atoms with Gasteiger partial charge in [-0.25, -0.2) is 13.4 Å². The van der Waals surface area contributed by atoms with Crippen molar-refractivity contribution in [1.29, 1.82) is 0 Å². The van der Waals surface area contributed by atoms with E-state index in [0.29, 0.717) is 18.0 Å². The van der Waals surface area contributed by atoms with Gasteiger partial charge in [0, 0.05) is 29.9 Å². The van der Waals surface area contributed by atoms with Gasteiger partial charge in [-0.05, 0) is 62.6 Å². The van der Waals surface area contributed by atoms with E-state index >= 15 is 0 Å². The van der Waals surface area contributed by atoms with E-state index in [2.05, 4.69) is 18.4 Å². The first-order valence-corrected chi connectivity index (χ1v) is 12.6. The van der Waals surface area contributed by atoms with Crippen LogP contribution in [0.5, 0.6) is 0 Å². The molecule has 3 aromatic rings. The summed E-state index contributed by atoms with van der Waals surface area (Å²) in [4.78, 5) is 5.11. The molecule has 0 radical (unpaired) electrons. The van der Waals surface area contributed by atoms with Crippen molar-refractivity contribution in [3.8, 4) is 0 Å². The Labute approximate surface area is 181 Å². The van der Waals surface area contributed by atoms with Crippen molar-refractivity contribution in [3.63, 3.8) is 0 Å². The van der Waals surface area contributed by atoms with Gasteiger partial charge in [0.15, 0.2) is 5.16 Å². The van der Waals surface area contributed by atoms with E-state index < -0.39 is 10.0 Å². The number of hydrogen-bond acceptors (Lipinski definition) is 4. The van der Waals surface area contributed by atoms with Gasteiger partial charge < -0.3 is 4.57 Å². The van der Waals surface area contributed by atoms with E-state index in [1.165, 1.54) is 5.56 Å². The topological polar surface area (TPSA) is 55.2 Å². The SMILES string of the molecule is CC(C)n1c(SCc2ccc(Cl)cc2)nc2cc(S(=O)(=O)N3CCCC3)ccc21. The van der Waals surface area contributed by atoms with Gasteiger partial charge in [-0.2, -0.15) is 4.31 Å². The van der Waals surface area contributed by atoms with Crippen LogP contribution in [0.1, 0.15) is 38.3 Å². The molecule has 154 valence electrons. The van der Waals surface area contributed by atoms with Crippen molar-refractivity contribution in [1.82, 2.24) is 13.9 Å². The molecular weight excluding hydrogens is 426 g/mol. The highest BCUT2D eigenvalue weighted by Gasteiger charge is 2.28. The number of halogens is 1. The normalized spacial score (nSPS) is 15.6. The maximum atomic E-state index is 12.9. The summed E-state index contributed by atoms with van der Waals surface area (Å²) in [6.07, 6.45) is 1.85. The fraction of sp³-hybridized carbons (Fsp3) is 0.381. The van der Waals surface area contributed by atoms with E-state index in [1.807, 2.05) is 30.3 Å². The van der Waals surface area contributed by atoms with Gasteiger partial charge in [-0.15, -0.1) is 0 Å².